The molecule has 0 saturated carbocycles. The SMILES string of the molecule is CC[S@](=O)c1ccccc1C(=O)Oc1cc(C(=O)OC)cc(C(=O)OC)c1. The first-order valence-corrected chi connectivity index (χ1v) is 9.24. The molecule has 0 spiro atoms. The van der Waals surface area contributed by atoms with Crippen LogP contribution in [0.15, 0.2) is 47.4 Å². The number of esters is 3. The molecule has 2 aromatic carbocycles. The third-order valence-electron chi connectivity index (χ3n) is 3.57. The van der Waals surface area contributed by atoms with Gasteiger partial charge in [-0.05, 0) is 30.3 Å². The van der Waals surface area contributed by atoms with Crippen molar-refractivity contribution in [3.8, 4) is 5.75 Å². The number of rotatable bonds is 6. The third kappa shape index (κ3) is 4.79. The summed E-state index contributed by atoms with van der Waals surface area (Å²) in [6.07, 6.45) is 0. The van der Waals surface area contributed by atoms with Gasteiger partial charge in [0.25, 0.3) is 0 Å². The van der Waals surface area contributed by atoms with Gasteiger partial charge in [0.15, 0.2) is 0 Å². The van der Waals surface area contributed by atoms with Crippen molar-refractivity contribution in [2.45, 2.75) is 11.8 Å². The van der Waals surface area contributed by atoms with Crippen molar-refractivity contribution in [3.05, 3.63) is 59.2 Å². The van der Waals surface area contributed by atoms with Gasteiger partial charge in [0.2, 0.25) is 0 Å². The maximum Gasteiger partial charge on any atom is 0.344 e. The lowest BCUT2D eigenvalue weighted by Gasteiger charge is -2.10. The molecule has 0 saturated heterocycles. The molecule has 27 heavy (non-hydrogen) atoms. The number of ether oxygens (including phenoxy) is 3. The molecule has 0 fully saturated rings. The van der Waals surface area contributed by atoms with E-state index in [0.717, 1.165) is 0 Å². The zero-order valence-electron chi connectivity index (χ0n) is 15.0. The van der Waals surface area contributed by atoms with E-state index in [0.29, 0.717) is 10.6 Å². The Hall–Kier alpha value is -3.00. The summed E-state index contributed by atoms with van der Waals surface area (Å²) in [6, 6.07) is 10.2. The van der Waals surface area contributed by atoms with Crippen LogP contribution in [0.2, 0.25) is 0 Å². The minimum atomic E-state index is -1.36. The normalized spacial score (nSPS) is 11.4. The average molecular weight is 390 g/mol. The number of hydrogen-bond donors (Lipinski definition) is 0. The predicted octanol–water partition coefficient (Wildman–Crippen LogP) is 2.61. The lowest BCUT2D eigenvalue weighted by molar-refractivity contribution is 0.0593. The van der Waals surface area contributed by atoms with Gasteiger partial charge in [0, 0.05) is 5.75 Å². The highest BCUT2D eigenvalue weighted by Crippen LogP contribution is 2.22. The molecule has 0 amide bonds. The lowest BCUT2D eigenvalue weighted by atomic mass is 10.1. The topological polar surface area (TPSA) is 96.0 Å². The van der Waals surface area contributed by atoms with Gasteiger partial charge >= 0.3 is 17.9 Å². The highest BCUT2D eigenvalue weighted by Gasteiger charge is 2.19. The Labute approximate surface area is 158 Å². The van der Waals surface area contributed by atoms with Gasteiger partial charge in [-0.1, -0.05) is 19.1 Å². The largest absolute Gasteiger partial charge is 0.465 e. The minimum absolute atomic E-state index is 0.0219. The molecular weight excluding hydrogens is 372 g/mol. The number of carbonyl (C=O) groups excluding carboxylic acids is 3. The Balaban J connectivity index is 2.42. The Bertz CT molecular complexity index is 870. The average Bonchev–Trinajstić information content (AvgIpc) is 2.71. The summed E-state index contributed by atoms with van der Waals surface area (Å²) in [5, 5.41) is 0. The summed E-state index contributed by atoms with van der Waals surface area (Å²) < 4.78 is 26.7. The van der Waals surface area contributed by atoms with E-state index in [1.165, 1.54) is 38.5 Å². The van der Waals surface area contributed by atoms with E-state index in [9.17, 15) is 18.6 Å². The van der Waals surface area contributed by atoms with E-state index in [4.69, 9.17) is 4.74 Å². The zero-order valence-corrected chi connectivity index (χ0v) is 15.8. The summed E-state index contributed by atoms with van der Waals surface area (Å²) in [5.41, 5.74) is 0.183. The first-order chi connectivity index (χ1) is 12.9. The van der Waals surface area contributed by atoms with Crippen LogP contribution < -0.4 is 4.74 Å². The Kier molecular flexibility index (Phi) is 6.84. The highest BCUT2D eigenvalue weighted by molar-refractivity contribution is 7.85. The fraction of sp³-hybridized carbons (Fsp3) is 0.211. The second kappa shape index (κ2) is 9.09. The van der Waals surface area contributed by atoms with Crippen molar-refractivity contribution in [3.63, 3.8) is 0 Å². The Morgan fingerprint density at radius 1 is 0.889 bits per heavy atom. The molecule has 8 heteroatoms. The molecule has 1 atom stereocenters. The molecule has 0 radical (unpaired) electrons. The van der Waals surface area contributed by atoms with Crippen LogP contribution in [0.25, 0.3) is 0 Å². The van der Waals surface area contributed by atoms with E-state index in [2.05, 4.69) is 9.47 Å². The summed E-state index contributed by atoms with van der Waals surface area (Å²) in [6.45, 7) is 1.74. The van der Waals surface area contributed by atoms with Crippen LogP contribution in [0.4, 0.5) is 0 Å². The molecule has 0 unspecified atom stereocenters. The van der Waals surface area contributed by atoms with Crippen molar-refractivity contribution in [2.24, 2.45) is 0 Å². The molecule has 0 aromatic heterocycles. The molecular formula is C19H18O7S. The van der Waals surface area contributed by atoms with Gasteiger partial charge in [0.1, 0.15) is 5.75 Å². The summed E-state index contributed by atoms with van der Waals surface area (Å²) >= 11 is 0. The van der Waals surface area contributed by atoms with Crippen LogP contribution in [0.5, 0.6) is 5.75 Å². The molecule has 0 heterocycles. The van der Waals surface area contributed by atoms with Gasteiger partial charge in [-0.15, -0.1) is 0 Å². The van der Waals surface area contributed by atoms with Crippen molar-refractivity contribution in [1.29, 1.82) is 0 Å². The van der Waals surface area contributed by atoms with Crippen molar-refractivity contribution in [1.82, 2.24) is 0 Å². The second-order valence-electron chi connectivity index (χ2n) is 5.25. The first-order valence-electron chi connectivity index (χ1n) is 7.92. The van der Waals surface area contributed by atoms with Crippen LogP contribution in [-0.4, -0.2) is 42.1 Å². The minimum Gasteiger partial charge on any atom is -0.465 e. The van der Waals surface area contributed by atoms with Crippen LogP contribution >= 0.6 is 0 Å². The van der Waals surface area contributed by atoms with E-state index in [1.54, 1.807) is 25.1 Å². The van der Waals surface area contributed by atoms with E-state index < -0.39 is 28.7 Å². The van der Waals surface area contributed by atoms with Crippen molar-refractivity contribution < 1.29 is 32.8 Å². The van der Waals surface area contributed by atoms with Gasteiger partial charge in [-0.2, -0.15) is 0 Å². The Morgan fingerprint density at radius 2 is 1.44 bits per heavy atom. The van der Waals surface area contributed by atoms with E-state index in [-0.39, 0.29) is 22.4 Å². The number of methoxy groups -OCH3 is 2. The second-order valence-corrected chi connectivity index (χ2v) is 6.96. The van der Waals surface area contributed by atoms with Gasteiger partial charge in [-0.3, -0.25) is 4.21 Å². The molecule has 0 aliphatic rings. The summed E-state index contributed by atoms with van der Waals surface area (Å²) in [5.74, 6) is -1.86. The summed E-state index contributed by atoms with van der Waals surface area (Å²) in [4.78, 5) is 36.5. The van der Waals surface area contributed by atoms with Gasteiger partial charge < -0.3 is 14.2 Å². The predicted molar refractivity (Wildman–Crippen MR) is 97.5 cm³/mol. The number of hydrogen-bond acceptors (Lipinski definition) is 7. The van der Waals surface area contributed by atoms with Crippen LogP contribution in [0, 0.1) is 0 Å². The molecule has 0 aliphatic carbocycles. The number of benzene rings is 2. The zero-order chi connectivity index (χ0) is 20.0. The smallest absolute Gasteiger partial charge is 0.344 e. The molecule has 0 bridgehead atoms. The maximum absolute atomic E-state index is 12.6. The standard InChI is InChI=1S/C19H18O7S/c1-4-27(23)16-8-6-5-7-15(16)19(22)26-14-10-12(17(20)24-2)9-13(11-14)18(21)25-3/h5-11H,4H2,1-3H3/t27-/m0/s1. The van der Waals surface area contributed by atoms with Crippen molar-refractivity contribution in [2.75, 3.05) is 20.0 Å². The molecule has 142 valence electrons. The van der Waals surface area contributed by atoms with Crippen LogP contribution in [0.3, 0.4) is 0 Å². The first kappa shape index (κ1) is 20.3. The molecule has 2 aromatic rings. The van der Waals surface area contributed by atoms with Crippen molar-refractivity contribution >= 4 is 28.7 Å². The highest BCUT2D eigenvalue weighted by atomic mass is 32.2. The molecule has 7 nitrogen and oxygen atoms in total. The monoisotopic (exact) mass is 390 g/mol. The molecule has 0 N–H and O–H groups in total. The lowest BCUT2D eigenvalue weighted by Crippen LogP contribution is -2.14. The van der Waals surface area contributed by atoms with E-state index >= 15 is 0 Å². The van der Waals surface area contributed by atoms with Crippen LogP contribution in [0.1, 0.15) is 38.0 Å². The Morgan fingerprint density at radius 3 is 1.96 bits per heavy atom. The maximum atomic E-state index is 12.6. The number of carbonyl (C=O) groups is 3. The molecule has 0 aliphatic heterocycles. The van der Waals surface area contributed by atoms with Crippen LogP contribution in [-0.2, 0) is 20.3 Å². The summed E-state index contributed by atoms with van der Waals surface area (Å²) in [7, 11) is 1.02. The van der Waals surface area contributed by atoms with Gasteiger partial charge in [0.05, 0.1) is 46.6 Å². The quantitative estimate of drug-likeness (QED) is 0.552. The fourth-order valence-electron chi connectivity index (χ4n) is 2.28. The fourth-order valence-corrected chi connectivity index (χ4v) is 3.22. The molecule has 2 rings (SSSR count). The van der Waals surface area contributed by atoms with Gasteiger partial charge in [-0.25, -0.2) is 14.4 Å². The van der Waals surface area contributed by atoms with E-state index in [1.807, 2.05) is 0 Å². The third-order valence-corrected chi connectivity index (χ3v) is 4.94.